The molecule has 0 radical (unpaired) electrons. The molecule has 1 saturated carbocycles. The molecular weight excluding hydrogens is 376 g/mol. The molecule has 1 aliphatic carbocycles. The lowest BCUT2D eigenvalue weighted by molar-refractivity contribution is 0.00200. The molecule has 0 unspecified atom stereocenters. The summed E-state index contributed by atoms with van der Waals surface area (Å²) in [5, 5.41) is 1.72. The van der Waals surface area contributed by atoms with E-state index >= 15 is 0 Å². The highest BCUT2D eigenvalue weighted by molar-refractivity contribution is 7.99. The normalized spacial score (nSPS) is 20.9. The van der Waals surface area contributed by atoms with Gasteiger partial charge in [-0.25, -0.2) is 4.98 Å². The summed E-state index contributed by atoms with van der Waals surface area (Å²) in [5.74, 6) is 1.22. The van der Waals surface area contributed by atoms with Crippen molar-refractivity contribution >= 4 is 33.3 Å². The summed E-state index contributed by atoms with van der Waals surface area (Å²) in [4.78, 5) is 20.7. The van der Waals surface area contributed by atoms with Crippen LogP contribution in [0.25, 0.3) is 10.2 Å². The van der Waals surface area contributed by atoms with Crippen LogP contribution >= 0.6 is 23.1 Å². The highest BCUT2D eigenvalue weighted by Crippen LogP contribution is 2.37. The maximum atomic E-state index is 13.7. The third-order valence-corrected chi connectivity index (χ3v) is 7.80. The van der Waals surface area contributed by atoms with Gasteiger partial charge in [0, 0.05) is 23.1 Å². The van der Waals surface area contributed by atoms with Crippen LogP contribution in [0.3, 0.4) is 0 Å². The van der Waals surface area contributed by atoms with Crippen LogP contribution in [-0.2, 0) is 17.8 Å². The Morgan fingerprint density at radius 3 is 2.85 bits per heavy atom. The molecule has 27 heavy (non-hydrogen) atoms. The van der Waals surface area contributed by atoms with Gasteiger partial charge in [-0.3, -0.25) is 9.36 Å². The molecule has 4 nitrogen and oxygen atoms in total. The van der Waals surface area contributed by atoms with Crippen LogP contribution in [0.15, 0.2) is 22.6 Å². The highest BCUT2D eigenvalue weighted by Gasteiger charge is 2.30. The van der Waals surface area contributed by atoms with Gasteiger partial charge in [0.15, 0.2) is 5.16 Å². The maximum Gasteiger partial charge on any atom is 0.263 e. The molecule has 2 aromatic rings. The molecule has 0 bridgehead atoms. The van der Waals surface area contributed by atoms with E-state index in [1.54, 1.807) is 23.1 Å². The fourth-order valence-corrected chi connectivity index (χ4v) is 6.21. The zero-order valence-corrected chi connectivity index (χ0v) is 17.8. The van der Waals surface area contributed by atoms with E-state index in [4.69, 9.17) is 9.72 Å². The van der Waals surface area contributed by atoms with Crippen LogP contribution in [0, 0.1) is 5.92 Å². The molecule has 1 atom stereocenters. The van der Waals surface area contributed by atoms with Gasteiger partial charge in [-0.2, -0.15) is 0 Å². The molecule has 1 aliphatic heterocycles. The quantitative estimate of drug-likeness (QED) is 0.383. The molecule has 0 amide bonds. The Morgan fingerprint density at radius 1 is 1.37 bits per heavy atom. The van der Waals surface area contributed by atoms with E-state index in [0.29, 0.717) is 12.5 Å². The van der Waals surface area contributed by atoms with E-state index in [1.165, 1.54) is 29.7 Å². The number of hydrogen-bond acceptors (Lipinski definition) is 5. The second kappa shape index (κ2) is 8.10. The molecule has 3 heterocycles. The van der Waals surface area contributed by atoms with Crippen molar-refractivity contribution in [1.82, 2.24) is 9.55 Å². The van der Waals surface area contributed by atoms with Crippen molar-refractivity contribution in [3.63, 3.8) is 0 Å². The van der Waals surface area contributed by atoms with Crippen LogP contribution in [0.4, 0.5) is 0 Å². The minimum atomic E-state index is 0.167. The average Bonchev–Trinajstić information content (AvgIpc) is 3.04. The van der Waals surface area contributed by atoms with Crippen LogP contribution in [0.5, 0.6) is 0 Å². The fourth-order valence-electron chi connectivity index (χ4n) is 4.25. The number of ether oxygens (including phenoxy) is 1. The van der Waals surface area contributed by atoms with Crippen LogP contribution < -0.4 is 5.56 Å². The van der Waals surface area contributed by atoms with Gasteiger partial charge >= 0.3 is 0 Å². The fraction of sp³-hybridized carbons (Fsp3) is 0.619. The smallest absolute Gasteiger partial charge is 0.263 e. The first-order valence-electron chi connectivity index (χ1n) is 10.0. The predicted octanol–water partition coefficient (Wildman–Crippen LogP) is 5.34. The van der Waals surface area contributed by atoms with Crippen molar-refractivity contribution in [2.75, 3.05) is 5.75 Å². The number of rotatable bonds is 5. The Morgan fingerprint density at radius 2 is 2.15 bits per heavy atom. The van der Waals surface area contributed by atoms with Gasteiger partial charge in [0.2, 0.25) is 0 Å². The summed E-state index contributed by atoms with van der Waals surface area (Å²) in [6, 6.07) is 0.284. The third kappa shape index (κ3) is 3.64. The van der Waals surface area contributed by atoms with Crippen molar-refractivity contribution in [3.05, 3.63) is 33.4 Å². The summed E-state index contributed by atoms with van der Waals surface area (Å²) in [6.45, 7) is 8.81. The molecule has 0 aromatic carbocycles. The Balaban J connectivity index is 1.86. The summed E-state index contributed by atoms with van der Waals surface area (Å²) >= 11 is 3.27. The minimum Gasteiger partial charge on any atom is -0.372 e. The lowest BCUT2D eigenvalue weighted by Gasteiger charge is -2.27. The van der Waals surface area contributed by atoms with Crippen molar-refractivity contribution in [1.29, 1.82) is 0 Å². The first-order chi connectivity index (χ1) is 13.1. The topological polar surface area (TPSA) is 44.1 Å². The van der Waals surface area contributed by atoms with Crippen LogP contribution in [0.1, 0.15) is 62.4 Å². The molecule has 0 N–H and O–H groups in total. The van der Waals surface area contributed by atoms with Gasteiger partial charge < -0.3 is 4.74 Å². The van der Waals surface area contributed by atoms with Gasteiger partial charge in [-0.1, -0.05) is 50.9 Å². The van der Waals surface area contributed by atoms with E-state index in [1.807, 2.05) is 10.6 Å². The number of nitrogens with zero attached hydrogens (tertiary/aromatic N) is 2. The lowest BCUT2D eigenvalue weighted by atomic mass is 9.94. The SMILES string of the molecule is C=CCSc1nc2sc3c(c2c(=O)n1C1CCCCC1)C[C@@H](C(C)C)OC3. The zero-order chi connectivity index (χ0) is 19.0. The second-order valence-electron chi connectivity index (χ2n) is 7.94. The number of thioether (sulfide) groups is 1. The van der Waals surface area contributed by atoms with E-state index in [0.717, 1.165) is 40.4 Å². The molecule has 2 aromatic heterocycles. The standard InChI is InChI=1S/C21H28N2O2S2/c1-4-10-26-21-22-19-18(20(24)23(21)14-8-6-5-7-9-14)15-11-16(13(2)3)25-12-17(15)27-19/h4,13-14,16H,1,5-12H2,2-3H3/t16-/m0/s1. The Kier molecular flexibility index (Phi) is 5.76. The van der Waals surface area contributed by atoms with Crippen LogP contribution in [-0.4, -0.2) is 21.4 Å². The van der Waals surface area contributed by atoms with Gasteiger partial charge in [-0.05, 0) is 24.3 Å². The van der Waals surface area contributed by atoms with E-state index in [-0.39, 0.29) is 17.7 Å². The number of aromatic nitrogens is 2. The molecule has 6 heteroatoms. The predicted molar refractivity (Wildman–Crippen MR) is 114 cm³/mol. The van der Waals surface area contributed by atoms with E-state index in [9.17, 15) is 4.79 Å². The molecule has 0 saturated heterocycles. The van der Waals surface area contributed by atoms with Gasteiger partial charge in [0.1, 0.15) is 4.83 Å². The second-order valence-corrected chi connectivity index (χ2v) is 10.0. The molecule has 2 aliphatic rings. The molecular formula is C21H28N2O2S2. The highest BCUT2D eigenvalue weighted by atomic mass is 32.2. The third-order valence-electron chi connectivity index (χ3n) is 5.76. The Labute approximate surface area is 169 Å². The summed E-state index contributed by atoms with van der Waals surface area (Å²) in [7, 11) is 0. The number of thiophene rings is 1. The summed E-state index contributed by atoms with van der Waals surface area (Å²) in [5.41, 5.74) is 1.36. The van der Waals surface area contributed by atoms with Gasteiger partial charge in [0.05, 0.1) is 18.1 Å². The summed E-state index contributed by atoms with van der Waals surface area (Å²) < 4.78 is 8.05. The summed E-state index contributed by atoms with van der Waals surface area (Å²) in [6.07, 6.45) is 8.74. The Bertz CT molecular complexity index is 894. The first kappa shape index (κ1) is 19.2. The monoisotopic (exact) mass is 404 g/mol. The van der Waals surface area contributed by atoms with Gasteiger partial charge in [-0.15, -0.1) is 17.9 Å². The number of hydrogen-bond donors (Lipinski definition) is 0. The lowest BCUT2D eigenvalue weighted by Crippen LogP contribution is -2.31. The zero-order valence-electron chi connectivity index (χ0n) is 16.2. The number of fused-ring (bicyclic) bond motifs is 3. The van der Waals surface area contributed by atoms with Crippen molar-refractivity contribution in [2.24, 2.45) is 5.92 Å². The van der Waals surface area contributed by atoms with Crippen molar-refractivity contribution in [2.45, 2.75) is 76.3 Å². The molecule has 4 rings (SSSR count). The molecule has 146 valence electrons. The van der Waals surface area contributed by atoms with Crippen LogP contribution in [0.2, 0.25) is 0 Å². The van der Waals surface area contributed by atoms with Gasteiger partial charge in [0.25, 0.3) is 5.56 Å². The average molecular weight is 405 g/mol. The van der Waals surface area contributed by atoms with E-state index in [2.05, 4.69) is 20.4 Å². The minimum absolute atomic E-state index is 0.167. The maximum absolute atomic E-state index is 13.7. The van der Waals surface area contributed by atoms with Crippen molar-refractivity contribution in [3.8, 4) is 0 Å². The Hall–Kier alpha value is -1.11. The first-order valence-corrected chi connectivity index (χ1v) is 11.8. The molecule has 0 spiro atoms. The van der Waals surface area contributed by atoms with E-state index < -0.39 is 0 Å². The molecule has 1 fully saturated rings. The van der Waals surface area contributed by atoms with Crippen molar-refractivity contribution < 1.29 is 4.74 Å². The largest absolute Gasteiger partial charge is 0.372 e.